The molecule has 132 valence electrons. The van der Waals surface area contributed by atoms with Crippen molar-refractivity contribution in [3.63, 3.8) is 0 Å². The van der Waals surface area contributed by atoms with Gasteiger partial charge in [0.25, 0.3) is 0 Å². The molecule has 0 aromatic carbocycles. The van der Waals surface area contributed by atoms with Crippen LogP contribution in [-0.2, 0) is 0 Å². The van der Waals surface area contributed by atoms with Gasteiger partial charge in [0.2, 0.25) is 0 Å². The first-order valence-corrected chi connectivity index (χ1v) is 11.7. The minimum absolute atomic E-state index is 0.942. The van der Waals surface area contributed by atoms with Crippen LogP contribution < -0.4 is 0 Å². The molecule has 0 N–H and O–H groups in total. The maximum atomic E-state index is 4.48. The van der Waals surface area contributed by atoms with E-state index in [9.17, 15) is 0 Å². The summed E-state index contributed by atoms with van der Waals surface area (Å²) in [6.07, 6.45) is 8.40. The van der Waals surface area contributed by atoms with Crippen LogP contribution in [-0.4, -0.2) is 47.5 Å². The van der Waals surface area contributed by atoms with Crippen LogP contribution in [0.1, 0.15) is 52.4 Å². The molecule has 0 amide bonds. The van der Waals surface area contributed by atoms with E-state index in [0.717, 1.165) is 29.3 Å². The zero-order chi connectivity index (χ0) is 16.2. The van der Waals surface area contributed by atoms with E-state index in [0.29, 0.717) is 0 Å². The van der Waals surface area contributed by atoms with Crippen LogP contribution in [0.2, 0.25) is 0 Å². The molecule has 1 rings (SSSR count). The molecule has 0 heterocycles. The molecule has 22 heavy (non-hydrogen) atoms. The zero-order valence-corrected chi connectivity index (χ0v) is 17.3. The monoisotopic (exact) mass is 363 g/mol. The van der Waals surface area contributed by atoms with Crippen molar-refractivity contribution in [1.82, 2.24) is 4.90 Å². The minimum Gasteiger partial charge on any atom is -0.303 e. The third-order valence-corrected chi connectivity index (χ3v) is 6.88. The highest BCUT2D eigenvalue weighted by atomic mass is 32.2. The van der Waals surface area contributed by atoms with E-state index in [-0.39, 0.29) is 0 Å². The summed E-state index contributed by atoms with van der Waals surface area (Å²) < 4.78 is 0. The Morgan fingerprint density at radius 3 is 2.27 bits per heavy atom. The van der Waals surface area contributed by atoms with E-state index < -0.39 is 0 Å². The molecular formula is C18H37NS3. The summed E-state index contributed by atoms with van der Waals surface area (Å²) in [5.41, 5.74) is 0. The molecule has 1 saturated carbocycles. The minimum atomic E-state index is 0.942. The van der Waals surface area contributed by atoms with Gasteiger partial charge in [-0.2, -0.15) is 37.0 Å². The Hall–Kier alpha value is 1.01. The Labute approximate surface area is 154 Å². The van der Waals surface area contributed by atoms with Crippen LogP contribution in [0.3, 0.4) is 0 Å². The van der Waals surface area contributed by atoms with Crippen LogP contribution >= 0.6 is 37.0 Å². The van der Waals surface area contributed by atoms with Crippen LogP contribution in [0.4, 0.5) is 0 Å². The highest BCUT2D eigenvalue weighted by molar-refractivity contribution is 7.99. The van der Waals surface area contributed by atoms with Crippen molar-refractivity contribution >= 4 is 37.0 Å². The second kappa shape index (κ2) is 13.3. The molecule has 1 fully saturated rings. The Morgan fingerprint density at radius 2 is 1.64 bits per heavy atom. The van der Waals surface area contributed by atoms with Gasteiger partial charge in [0.15, 0.2) is 0 Å². The third kappa shape index (κ3) is 8.21. The van der Waals surface area contributed by atoms with Gasteiger partial charge in [0, 0.05) is 12.3 Å². The van der Waals surface area contributed by atoms with E-state index in [1.807, 2.05) is 0 Å². The van der Waals surface area contributed by atoms with Crippen LogP contribution in [0.15, 0.2) is 0 Å². The average Bonchev–Trinajstić information content (AvgIpc) is 2.53. The number of hydrogen-bond acceptors (Lipinski definition) is 4. The van der Waals surface area contributed by atoms with Gasteiger partial charge in [0.05, 0.1) is 0 Å². The molecule has 1 aliphatic rings. The van der Waals surface area contributed by atoms with Gasteiger partial charge in [-0.05, 0) is 80.2 Å². The van der Waals surface area contributed by atoms with Crippen molar-refractivity contribution in [3.05, 3.63) is 0 Å². The summed E-state index contributed by atoms with van der Waals surface area (Å²) in [6.45, 7) is 8.16. The first-order chi connectivity index (χ1) is 10.7. The van der Waals surface area contributed by atoms with Gasteiger partial charge in [-0.25, -0.2) is 0 Å². The standard InChI is InChI=1S/C18H37NS3/c1-3-19(4-2)10-14-22-13-9-18-15-16(7-11-20)5-6-17(18)8-12-21/h16-18,20-21H,3-15H2,1-2H3. The van der Waals surface area contributed by atoms with Crippen molar-refractivity contribution in [3.8, 4) is 0 Å². The fourth-order valence-corrected chi connectivity index (χ4v) is 5.60. The number of thiol groups is 2. The maximum absolute atomic E-state index is 4.48. The van der Waals surface area contributed by atoms with E-state index in [1.165, 1.54) is 69.7 Å². The zero-order valence-electron chi connectivity index (χ0n) is 14.7. The quantitative estimate of drug-likeness (QED) is 0.366. The summed E-state index contributed by atoms with van der Waals surface area (Å²) in [5.74, 6) is 7.61. The second-order valence-electron chi connectivity index (χ2n) is 6.65. The molecule has 0 saturated heterocycles. The first kappa shape index (κ1) is 21.1. The summed E-state index contributed by atoms with van der Waals surface area (Å²) in [7, 11) is 0. The molecule has 0 bridgehead atoms. The lowest BCUT2D eigenvalue weighted by Crippen LogP contribution is -2.27. The predicted octanol–water partition coefficient (Wildman–Crippen LogP) is 5.12. The molecule has 0 aromatic heterocycles. The third-order valence-electron chi connectivity index (χ3n) is 5.36. The van der Waals surface area contributed by atoms with E-state index in [1.54, 1.807) is 0 Å². The van der Waals surface area contributed by atoms with Gasteiger partial charge < -0.3 is 4.90 Å². The van der Waals surface area contributed by atoms with Crippen molar-refractivity contribution < 1.29 is 0 Å². The van der Waals surface area contributed by atoms with Crippen LogP contribution in [0.5, 0.6) is 0 Å². The lowest BCUT2D eigenvalue weighted by Gasteiger charge is -2.36. The Morgan fingerprint density at radius 1 is 0.909 bits per heavy atom. The average molecular weight is 364 g/mol. The van der Waals surface area contributed by atoms with Gasteiger partial charge in [-0.3, -0.25) is 0 Å². The summed E-state index contributed by atoms with van der Waals surface area (Å²) in [5, 5.41) is 0. The summed E-state index contributed by atoms with van der Waals surface area (Å²) >= 11 is 11.1. The van der Waals surface area contributed by atoms with Crippen LogP contribution in [0.25, 0.3) is 0 Å². The summed E-state index contributed by atoms with van der Waals surface area (Å²) in [4.78, 5) is 2.53. The normalized spacial score (nSPS) is 25.8. The fraction of sp³-hybridized carbons (Fsp3) is 1.00. The molecular weight excluding hydrogens is 326 g/mol. The Bertz CT molecular complexity index is 259. The van der Waals surface area contributed by atoms with E-state index in [2.05, 4.69) is 55.8 Å². The fourth-order valence-electron chi connectivity index (χ4n) is 3.84. The molecule has 3 atom stereocenters. The molecule has 0 aliphatic heterocycles. The Balaban J connectivity index is 2.26. The van der Waals surface area contributed by atoms with E-state index in [4.69, 9.17) is 0 Å². The molecule has 0 aromatic rings. The second-order valence-corrected chi connectivity index (χ2v) is 8.77. The molecule has 0 spiro atoms. The smallest absolute Gasteiger partial charge is 0.00721 e. The van der Waals surface area contributed by atoms with Gasteiger partial charge in [-0.1, -0.05) is 20.3 Å². The summed E-state index contributed by atoms with van der Waals surface area (Å²) in [6, 6.07) is 0. The molecule has 0 radical (unpaired) electrons. The van der Waals surface area contributed by atoms with Gasteiger partial charge >= 0.3 is 0 Å². The van der Waals surface area contributed by atoms with Crippen LogP contribution in [0, 0.1) is 17.8 Å². The largest absolute Gasteiger partial charge is 0.303 e. The van der Waals surface area contributed by atoms with E-state index >= 15 is 0 Å². The molecule has 4 heteroatoms. The van der Waals surface area contributed by atoms with Crippen molar-refractivity contribution in [2.45, 2.75) is 52.4 Å². The lowest BCUT2D eigenvalue weighted by atomic mass is 9.71. The molecule has 1 aliphatic carbocycles. The number of thioether (sulfide) groups is 1. The predicted molar refractivity (Wildman–Crippen MR) is 111 cm³/mol. The van der Waals surface area contributed by atoms with Gasteiger partial charge in [-0.15, -0.1) is 0 Å². The highest BCUT2D eigenvalue weighted by Gasteiger charge is 2.29. The van der Waals surface area contributed by atoms with Crippen molar-refractivity contribution in [1.29, 1.82) is 0 Å². The molecule has 1 nitrogen and oxygen atoms in total. The lowest BCUT2D eigenvalue weighted by molar-refractivity contribution is 0.169. The number of rotatable bonds is 12. The van der Waals surface area contributed by atoms with Crippen molar-refractivity contribution in [2.75, 3.05) is 42.6 Å². The number of hydrogen-bond donors (Lipinski definition) is 2. The number of nitrogens with zero attached hydrogens (tertiary/aromatic N) is 1. The maximum Gasteiger partial charge on any atom is 0.00721 e. The SMILES string of the molecule is CCN(CC)CCSCCC1CC(CCS)CCC1CCS. The Kier molecular flexibility index (Phi) is 12.7. The molecule has 3 unspecified atom stereocenters. The van der Waals surface area contributed by atoms with Crippen molar-refractivity contribution in [2.24, 2.45) is 17.8 Å². The highest BCUT2D eigenvalue weighted by Crippen LogP contribution is 2.39. The topological polar surface area (TPSA) is 3.24 Å². The van der Waals surface area contributed by atoms with Gasteiger partial charge in [0.1, 0.15) is 0 Å². The first-order valence-electron chi connectivity index (χ1n) is 9.26.